The molecule has 3 nitrogen and oxygen atoms in total. The highest BCUT2D eigenvalue weighted by atomic mass is 35.5. The molecule has 0 N–H and O–H groups in total. The fourth-order valence-corrected chi connectivity index (χ4v) is 2.27. The van der Waals surface area contributed by atoms with Crippen LogP contribution in [-0.4, -0.2) is 30.5 Å². The fourth-order valence-electron chi connectivity index (χ4n) is 2.10. The average molecular weight is 268 g/mol. The second kappa shape index (κ2) is 6.10. The summed E-state index contributed by atoms with van der Waals surface area (Å²) >= 11 is 5.91. The van der Waals surface area contributed by atoms with Crippen LogP contribution in [0.25, 0.3) is 0 Å². The predicted molar refractivity (Wildman–Crippen MR) is 72.1 cm³/mol. The van der Waals surface area contributed by atoms with Crippen LogP contribution >= 0.6 is 11.6 Å². The Bertz CT molecular complexity index is 428. The van der Waals surface area contributed by atoms with Crippen molar-refractivity contribution in [2.45, 2.75) is 26.2 Å². The first-order chi connectivity index (χ1) is 8.66. The van der Waals surface area contributed by atoms with E-state index in [1.807, 2.05) is 24.0 Å². The number of carbonyl (C=O) groups excluding carboxylic acids is 1. The van der Waals surface area contributed by atoms with Crippen LogP contribution in [0.2, 0.25) is 5.02 Å². The Morgan fingerprint density at radius 1 is 1.33 bits per heavy atom. The predicted octanol–water partition coefficient (Wildman–Crippen LogP) is 3.04. The minimum atomic E-state index is 0.0640. The molecule has 1 aliphatic heterocycles. The molecule has 1 saturated heterocycles. The van der Waals surface area contributed by atoms with Crippen molar-refractivity contribution in [2.24, 2.45) is 0 Å². The van der Waals surface area contributed by atoms with E-state index in [4.69, 9.17) is 16.3 Å². The Hall–Kier alpha value is -1.22. The summed E-state index contributed by atoms with van der Waals surface area (Å²) in [5.41, 5.74) is 0.992. The lowest BCUT2D eigenvalue weighted by molar-refractivity contribution is -0.134. The van der Waals surface area contributed by atoms with Gasteiger partial charge in [-0.3, -0.25) is 4.79 Å². The van der Waals surface area contributed by atoms with Crippen LogP contribution in [0.15, 0.2) is 18.2 Å². The quantitative estimate of drug-likeness (QED) is 0.842. The van der Waals surface area contributed by atoms with Crippen molar-refractivity contribution in [3.63, 3.8) is 0 Å². The molecule has 18 heavy (non-hydrogen) atoms. The monoisotopic (exact) mass is 267 g/mol. The lowest BCUT2D eigenvalue weighted by Crippen LogP contribution is -2.38. The summed E-state index contributed by atoms with van der Waals surface area (Å²) in [6.07, 6.45) is 3.42. The third-order valence-electron chi connectivity index (χ3n) is 3.21. The highest BCUT2D eigenvalue weighted by Gasteiger charge is 2.17. The van der Waals surface area contributed by atoms with Crippen LogP contribution in [0.3, 0.4) is 0 Å². The first kappa shape index (κ1) is 13.2. The van der Waals surface area contributed by atoms with Gasteiger partial charge in [0.1, 0.15) is 5.75 Å². The van der Waals surface area contributed by atoms with E-state index in [1.165, 1.54) is 6.42 Å². The van der Waals surface area contributed by atoms with Gasteiger partial charge in [0.25, 0.3) is 5.91 Å². The Labute approximate surface area is 113 Å². The standard InChI is InChI=1S/C14H18ClNO2/c1-11-5-6-12(15)9-13(11)18-10-14(17)16-7-3-2-4-8-16/h5-6,9H,2-4,7-8,10H2,1H3. The van der Waals surface area contributed by atoms with Crippen molar-refractivity contribution in [1.82, 2.24) is 4.90 Å². The summed E-state index contributed by atoms with van der Waals surface area (Å²) in [7, 11) is 0. The fraction of sp³-hybridized carbons (Fsp3) is 0.500. The van der Waals surface area contributed by atoms with Crippen molar-refractivity contribution in [3.05, 3.63) is 28.8 Å². The number of amides is 1. The molecule has 0 aromatic heterocycles. The summed E-state index contributed by atoms with van der Waals surface area (Å²) in [5.74, 6) is 0.752. The summed E-state index contributed by atoms with van der Waals surface area (Å²) in [5, 5.41) is 0.626. The maximum atomic E-state index is 11.9. The Morgan fingerprint density at radius 3 is 2.78 bits per heavy atom. The third kappa shape index (κ3) is 3.39. The van der Waals surface area contributed by atoms with Gasteiger partial charge in [-0.1, -0.05) is 17.7 Å². The van der Waals surface area contributed by atoms with Gasteiger partial charge in [-0.25, -0.2) is 0 Å². The molecule has 2 rings (SSSR count). The number of hydrogen-bond donors (Lipinski definition) is 0. The Kier molecular flexibility index (Phi) is 4.48. The number of ether oxygens (including phenoxy) is 1. The maximum absolute atomic E-state index is 11.9. The largest absolute Gasteiger partial charge is 0.483 e. The first-order valence-electron chi connectivity index (χ1n) is 6.33. The number of nitrogens with zero attached hydrogens (tertiary/aromatic N) is 1. The van der Waals surface area contributed by atoms with Crippen molar-refractivity contribution < 1.29 is 9.53 Å². The van der Waals surface area contributed by atoms with Gasteiger partial charge in [0.2, 0.25) is 0 Å². The number of rotatable bonds is 3. The van der Waals surface area contributed by atoms with Gasteiger partial charge in [-0.15, -0.1) is 0 Å². The molecule has 1 aromatic carbocycles. The van der Waals surface area contributed by atoms with Gasteiger partial charge < -0.3 is 9.64 Å². The number of carbonyl (C=O) groups is 1. The highest BCUT2D eigenvalue weighted by Crippen LogP contribution is 2.22. The lowest BCUT2D eigenvalue weighted by atomic mass is 10.1. The SMILES string of the molecule is Cc1ccc(Cl)cc1OCC(=O)N1CCCCC1. The van der Waals surface area contributed by atoms with Crippen LogP contribution in [0, 0.1) is 6.92 Å². The molecule has 1 aromatic rings. The topological polar surface area (TPSA) is 29.5 Å². The maximum Gasteiger partial charge on any atom is 0.260 e. The lowest BCUT2D eigenvalue weighted by Gasteiger charge is -2.26. The molecule has 0 saturated carbocycles. The van der Waals surface area contributed by atoms with E-state index in [0.717, 1.165) is 31.5 Å². The number of piperidine rings is 1. The van der Waals surface area contributed by atoms with Gasteiger partial charge in [0, 0.05) is 18.1 Å². The minimum Gasteiger partial charge on any atom is -0.483 e. The van der Waals surface area contributed by atoms with Gasteiger partial charge in [0.05, 0.1) is 0 Å². The zero-order valence-electron chi connectivity index (χ0n) is 10.6. The molecular weight excluding hydrogens is 250 g/mol. The molecule has 98 valence electrons. The summed E-state index contributed by atoms with van der Waals surface area (Å²) < 4.78 is 5.56. The molecule has 0 aliphatic carbocycles. The van der Waals surface area contributed by atoms with E-state index >= 15 is 0 Å². The molecule has 0 spiro atoms. The van der Waals surface area contributed by atoms with Gasteiger partial charge in [-0.05, 0) is 43.9 Å². The van der Waals surface area contributed by atoms with Crippen LogP contribution in [0.5, 0.6) is 5.75 Å². The van der Waals surface area contributed by atoms with Crippen molar-refractivity contribution in [1.29, 1.82) is 0 Å². The zero-order chi connectivity index (χ0) is 13.0. The molecule has 4 heteroatoms. The first-order valence-corrected chi connectivity index (χ1v) is 6.71. The molecule has 0 atom stereocenters. The smallest absolute Gasteiger partial charge is 0.260 e. The van der Waals surface area contributed by atoms with Crippen LogP contribution in [0.4, 0.5) is 0 Å². The van der Waals surface area contributed by atoms with E-state index in [2.05, 4.69) is 0 Å². The molecule has 0 bridgehead atoms. The summed E-state index contributed by atoms with van der Waals surface area (Å²) in [6.45, 7) is 3.76. The normalized spacial score (nSPS) is 15.6. The molecule has 1 fully saturated rings. The Morgan fingerprint density at radius 2 is 2.06 bits per heavy atom. The minimum absolute atomic E-state index is 0.0640. The van der Waals surface area contributed by atoms with E-state index in [1.54, 1.807) is 6.07 Å². The van der Waals surface area contributed by atoms with E-state index in [9.17, 15) is 4.79 Å². The van der Waals surface area contributed by atoms with Crippen LogP contribution in [0.1, 0.15) is 24.8 Å². The van der Waals surface area contributed by atoms with Crippen molar-refractivity contribution in [2.75, 3.05) is 19.7 Å². The molecule has 1 heterocycles. The second-order valence-electron chi connectivity index (χ2n) is 4.64. The number of likely N-dealkylation sites (tertiary alicyclic amines) is 1. The molecule has 0 unspecified atom stereocenters. The van der Waals surface area contributed by atoms with E-state index in [0.29, 0.717) is 10.8 Å². The average Bonchev–Trinajstić information content (AvgIpc) is 2.40. The van der Waals surface area contributed by atoms with Crippen LogP contribution in [-0.2, 0) is 4.79 Å². The molecule has 0 radical (unpaired) electrons. The second-order valence-corrected chi connectivity index (χ2v) is 5.08. The van der Waals surface area contributed by atoms with Crippen molar-refractivity contribution >= 4 is 17.5 Å². The number of aryl methyl sites for hydroxylation is 1. The number of hydrogen-bond acceptors (Lipinski definition) is 2. The third-order valence-corrected chi connectivity index (χ3v) is 3.45. The van der Waals surface area contributed by atoms with Gasteiger partial charge >= 0.3 is 0 Å². The molecular formula is C14H18ClNO2. The summed E-state index contributed by atoms with van der Waals surface area (Å²) in [6, 6.07) is 5.46. The summed E-state index contributed by atoms with van der Waals surface area (Å²) in [4.78, 5) is 13.8. The van der Waals surface area contributed by atoms with E-state index < -0.39 is 0 Å². The number of halogens is 1. The Balaban J connectivity index is 1.90. The van der Waals surface area contributed by atoms with Crippen molar-refractivity contribution in [3.8, 4) is 5.75 Å². The van der Waals surface area contributed by atoms with Gasteiger partial charge in [-0.2, -0.15) is 0 Å². The van der Waals surface area contributed by atoms with E-state index in [-0.39, 0.29) is 12.5 Å². The van der Waals surface area contributed by atoms with Gasteiger partial charge in [0.15, 0.2) is 6.61 Å². The number of benzene rings is 1. The van der Waals surface area contributed by atoms with Crippen LogP contribution < -0.4 is 4.74 Å². The molecule has 1 aliphatic rings. The molecule has 1 amide bonds. The highest BCUT2D eigenvalue weighted by molar-refractivity contribution is 6.30. The zero-order valence-corrected chi connectivity index (χ0v) is 11.4.